The van der Waals surface area contributed by atoms with Gasteiger partial charge in [-0.2, -0.15) is 5.26 Å². The van der Waals surface area contributed by atoms with E-state index >= 15 is 0 Å². The summed E-state index contributed by atoms with van der Waals surface area (Å²) in [6.45, 7) is 2.95. The van der Waals surface area contributed by atoms with Gasteiger partial charge in [0.25, 0.3) is 0 Å². The Morgan fingerprint density at radius 1 is 1.59 bits per heavy atom. The van der Waals surface area contributed by atoms with Gasteiger partial charge in [0.05, 0.1) is 25.7 Å². The van der Waals surface area contributed by atoms with E-state index in [0.29, 0.717) is 25.9 Å². The van der Waals surface area contributed by atoms with E-state index in [4.69, 9.17) is 10.00 Å². The number of methoxy groups -OCH3 is 1. The predicted molar refractivity (Wildman–Crippen MR) is 62.3 cm³/mol. The van der Waals surface area contributed by atoms with Crippen LogP contribution < -0.4 is 0 Å². The van der Waals surface area contributed by atoms with Gasteiger partial charge in [-0.25, -0.2) is 0 Å². The normalized spacial score (nSPS) is 19.2. The van der Waals surface area contributed by atoms with E-state index in [0.717, 1.165) is 26.0 Å². The standard InChI is InChI=1S/C12H20N2O3/c1-16-12(15)5-8-14(7-3-6-13)10-11-4-2-9-17-11/h11H,2-5,7-10H2,1H3. The maximum atomic E-state index is 11.1. The smallest absolute Gasteiger partial charge is 0.306 e. The Balaban J connectivity index is 2.30. The van der Waals surface area contributed by atoms with E-state index in [-0.39, 0.29) is 12.1 Å². The zero-order chi connectivity index (χ0) is 12.5. The molecule has 1 aliphatic heterocycles. The van der Waals surface area contributed by atoms with Gasteiger partial charge >= 0.3 is 5.97 Å². The van der Waals surface area contributed by atoms with Crippen molar-refractivity contribution in [3.05, 3.63) is 0 Å². The van der Waals surface area contributed by atoms with Gasteiger partial charge in [-0.1, -0.05) is 0 Å². The van der Waals surface area contributed by atoms with Crippen LogP contribution in [0, 0.1) is 11.3 Å². The molecule has 1 heterocycles. The highest BCUT2D eigenvalue weighted by molar-refractivity contribution is 5.69. The Morgan fingerprint density at radius 2 is 2.41 bits per heavy atom. The first-order valence-corrected chi connectivity index (χ1v) is 6.04. The van der Waals surface area contributed by atoms with Crippen molar-refractivity contribution in [2.24, 2.45) is 0 Å². The molecule has 96 valence electrons. The summed E-state index contributed by atoms with van der Waals surface area (Å²) < 4.78 is 10.2. The topological polar surface area (TPSA) is 62.6 Å². The third kappa shape index (κ3) is 5.66. The van der Waals surface area contributed by atoms with Crippen molar-refractivity contribution in [1.82, 2.24) is 4.90 Å². The molecule has 0 saturated carbocycles. The van der Waals surface area contributed by atoms with Crippen LogP contribution in [0.3, 0.4) is 0 Å². The van der Waals surface area contributed by atoms with Gasteiger partial charge in [0, 0.05) is 32.7 Å². The lowest BCUT2D eigenvalue weighted by molar-refractivity contribution is -0.141. The van der Waals surface area contributed by atoms with Crippen molar-refractivity contribution < 1.29 is 14.3 Å². The number of carbonyl (C=O) groups is 1. The summed E-state index contributed by atoms with van der Waals surface area (Å²) in [6, 6.07) is 2.13. The van der Waals surface area contributed by atoms with Gasteiger partial charge in [-0.3, -0.25) is 9.69 Å². The summed E-state index contributed by atoms with van der Waals surface area (Å²) in [6.07, 6.45) is 3.28. The number of hydrogen-bond acceptors (Lipinski definition) is 5. The lowest BCUT2D eigenvalue weighted by Crippen LogP contribution is -2.34. The van der Waals surface area contributed by atoms with Gasteiger partial charge in [0.2, 0.25) is 0 Å². The van der Waals surface area contributed by atoms with Crippen molar-refractivity contribution in [3.8, 4) is 6.07 Å². The maximum absolute atomic E-state index is 11.1. The summed E-state index contributed by atoms with van der Waals surface area (Å²) in [7, 11) is 1.39. The number of nitriles is 1. The van der Waals surface area contributed by atoms with Crippen molar-refractivity contribution in [1.29, 1.82) is 5.26 Å². The Bertz CT molecular complexity index is 269. The maximum Gasteiger partial charge on any atom is 0.306 e. The molecule has 0 spiro atoms. The van der Waals surface area contributed by atoms with E-state index in [2.05, 4.69) is 15.7 Å². The number of rotatable bonds is 7. The molecule has 0 aromatic rings. The molecule has 1 fully saturated rings. The second kappa shape index (κ2) is 8.04. The zero-order valence-corrected chi connectivity index (χ0v) is 10.4. The summed E-state index contributed by atoms with van der Waals surface area (Å²) in [5.74, 6) is -0.209. The average Bonchev–Trinajstić information content (AvgIpc) is 2.84. The van der Waals surface area contributed by atoms with E-state index in [1.807, 2.05) is 0 Å². The van der Waals surface area contributed by atoms with Crippen molar-refractivity contribution in [2.75, 3.05) is 33.4 Å². The van der Waals surface area contributed by atoms with Gasteiger partial charge in [0.1, 0.15) is 0 Å². The molecule has 17 heavy (non-hydrogen) atoms. The molecular weight excluding hydrogens is 220 g/mol. The van der Waals surface area contributed by atoms with Crippen LogP contribution in [0.5, 0.6) is 0 Å². The number of carbonyl (C=O) groups excluding carboxylic acids is 1. The largest absolute Gasteiger partial charge is 0.469 e. The molecule has 1 unspecified atom stereocenters. The molecule has 0 radical (unpaired) electrons. The van der Waals surface area contributed by atoms with Gasteiger partial charge in [-0.05, 0) is 12.8 Å². The third-order valence-corrected chi connectivity index (χ3v) is 2.89. The summed E-state index contributed by atoms with van der Waals surface area (Å²) in [5, 5.41) is 8.60. The molecule has 5 nitrogen and oxygen atoms in total. The average molecular weight is 240 g/mol. The first-order chi connectivity index (χ1) is 8.26. The van der Waals surface area contributed by atoms with E-state index < -0.39 is 0 Å². The van der Waals surface area contributed by atoms with E-state index in [9.17, 15) is 4.79 Å². The Morgan fingerprint density at radius 3 is 3.00 bits per heavy atom. The van der Waals surface area contributed by atoms with Gasteiger partial charge in [-0.15, -0.1) is 0 Å². The van der Waals surface area contributed by atoms with Gasteiger partial charge in [0.15, 0.2) is 0 Å². The minimum atomic E-state index is -0.209. The second-order valence-corrected chi connectivity index (χ2v) is 4.17. The van der Waals surface area contributed by atoms with Crippen molar-refractivity contribution >= 4 is 5.97 Å². The van der Waals surface area contributed by atoms with Crippen LogP contribution in [0.4, 0.5) is 0 Å². The molecule has 0 aliphatic carbocycles. The number of ether oxygens (including phenoxy) is 2. The molecule has 0 amide bonds. The Kier molecular flexibility index (Phi) is 6.60. The first-order valence-electron chi connectivity index (χ1n) is 6.04. The fourth-order valence-corrected chi connectivity index (χ4v) is 1.93. The number of esters is 1. The molecule has 0 aromatic carbocycles. The molecule has 1 atom stereocenters. The van der Waals surface area contributed by atoms with Crippen LogP contribution in [0.15, 0.2) is 0 Å². The van der Waals surface area contributed by atoms with E-state index in [1.165, 1.54) is 7.11 Å². The molecule has 1 saturated heterocycles. The molecule has 0 aromatic heterocycles. The van der Waals surface area contributed by atoms with Crippen LogP contribution in [-0.4, -0.2) is 50.3 Å². The van der Waals surface area contributed by atoms with Gasteiger partial charge < -0.3 is 9.47 Å². The number of hydrogen-bond donors (Lipinski definition) is 0. The molecule has 5 heteroatoms. The number of nitrogens with zero attached hydrogens (tertiary/aromatic N) is 2. The highest BCUT2D eigenvalue weighted by atomic mass is 16.5. The fourth-order valence-electron chi connectivity index (χ4n) is 1.93. The summed E-state index contributed by atoms with van der Waals surface area (Å²) in [5.41, 5.74) is 0. The molecular formula is C12H20N2O3. The zero-order valence-electron chi connectivity index (χ0n) is 10.4. The first kappa shape index (κ1) is 13.9. The minimum absolute atomic E-state index is 0.209. The predicted octanol–water partition coefficient (Wildman–Crippen LogP) is 0.944. The molecule has 0 bridgehead atoms. The Hall–Kier alpha value is -1.12. The minimum Gasteiger partial charge on any atom is -0.469 e. The summed E-state index contributed by atoms with van der Waals surface area (Å²) in [4.78, 5) is 13.2. The van der Waals surface area contributed by atoms with Crippen LogP contribution in [-0.2, 0) is 14.3 Å². The monoisotopic (exact) mass is 240 g/mol. The van der Waals surface area contributed by atoms with Crippen LogP contribution in [0.1, 0.15) is 25.7 Å². The van der Waals surface area contributed by atoms with Crippen molar-refractivity contribution in [2.45, 2.75) is 31.8 Å². The fraction of sp³-hybridized carbons (Fsp3) is 0.833. The van der Waals surface area contributed by atoms with Crippen LogP contribution in [0.25, 0.3) is 0 Å². The van der Waals surface area contributed by atoms with Crippen LogP contribution >= 0.6 is 0 Å². The molecule has 1 aliphatic rings. The summed E-state index contributed by atoms with van der Waals surface area (Å²) >= 11 is 0. The lowest BCUT2D eigenvalue weighted by atomic mass is 10.2. The SMILES string of the molecule is COC(=O)CCN(CCC#N)CC1CCCO1. The second-order valence-electron chi connectivity index (χ2n) is 4.17. The van der Waals surface area contributed by atoms with E-state index in [1.54, 1.807) is 0 Å². The lowest BCUT2D eigenvalue weighted by Gasteiger charge is -2.23. The molecule has 0 N–H and O–H groups in total. The quantitative estimate of drug-likeness (QED) is 0.620. The molecule has 1 rings (SSSR count). The highest BCUT2D eigenvalue weighted by Crippen LogP contribution is 2.13. The van der Waals surface area contributed by atoms with Crippen LogP contribution in [0.2, 0.25) is 0 Å². The highest BCUT2D eigenvalue weighted by Gasteiger charge is 2.19. The Labute approximate surface area is 102 Å². The third-order valence-electron chi connectivity index (χ3n) is 2.89. The van der Waals surface area contributed by atoms with Crippen molar-refractivity contribution in [3.63, 3.8) is 0 Å².